The molecule has 1 aromatic carbocycles. The number of ketones is 1. The fourth-order valence-electron chi connectivity index (χ4n) is 1.30. The van der Waals surface area contributed by atoms with Crippen molar-refractivity contribution < 1.29 is 14.6 Å². The van der Waals surface area contributed by atoms with Crippen LogP contribution in [0.15, 0.2) is 18.2 Å². The third-order valence-corrected chi connectivity index (χ3v) is 2.14. The molecule has 1 aromatic rings. The largest absolute Gasteiger partial charge is 0.493 e. The summed E-state index contributed by atoms with van der Waals surface area (Å²) in [7, 11) is 0. The molecule has 0 aliphatic carbocycles. The lowest BCUT2D eigenvalue weighted by Gasteiger charge is -2.11. The molecule has 0 aromatic heterocycles. The zero-order chi connectivity index (χ0) is 12.1. The lowest BCUT2D eigenvalue weighted by Crippen LogP contribution is -2.06. The monoisotopic (exact) mass is 222 g/mol. The first-order valence-corrected chi connectivity index (χ1v) is 5.41. The summed E-state index contributed by atoms with van der Waals surface area (Å²) in [4.78, 5) is 11.3. The van der Waals surface area contributed by atoms with Crippen LogP contribution in [0.3, 0.4) is 0 Å². The Morgan fingerprint density at radius 2 is 2.06 bits per heavy atom. The quantitative estimate of drug-likeness (QED) is 0.778. The molecule has 0 saturated heterocycles. The maximum Gasteiger partial charge on any atom is 0.159 e. The first kappa shape index (κ1) is 12.7. The molecule has 0 bridgehead atoms. The Kier molecular flexibility index (Phi) is 4.50. The predicted molar refractivity (Wildman–Crippen MR) is 62.7 cm³/mol. The SMILES string of the molecule is CC(=O)c1cc(CO)cc(OCC(C)C)c1. The molecule has 0 saturated carbocycles. The van der Waals surface area contributed by atoms with E-state index in [0.29, 0.717) is 29.4 Å². The molecule has 16 heavy (non-hydrogen) atoms. The number of aliphatic hydroxyl groups excluding tert-OH is 1. The van der Waals surface area contributed by atoms with E-state index in [4.69, 9.17) is 9.84 Å². The molecule has 0 aliphatic rings. The van der Waals surface area contributed by atoms with E-state index in [-0.39, 0.29) is 12.4 Å². The van der Waals surface area contributed by atoms with Crippen LogP contribution in [0.5, 0.6) is 5.75 Å². The normalized spacial score (nSPS) is 10.6. The summed E-state index contributed by atoms with van der Waals surface area (Å²) in [5.41, 5.74) is 1.27. The van der Waals surface area contributed by atoms with Gasteiger partial charge in [-0.2, -0.15) is 0 Å². The van der Waals surface area contributed by atoms with E-state index < -0.39 is 0 Å². The first-order valence-electron chi connectivity index (χ1n) is 5.41. The molecule has 0 amide bonds. The highest BCUT2D eigenvalue weighted by Gasteiger charge is 2.06. The lowest BCUT2D eigenvalue weighted by molar-refractivity contribution is 0.101. The van der Waals surface area contributed by atoms with Crippen molar-refractivity contribution >= 4 is 5.78 Å². The molecule has 0 heterocycles. The standard InChI is InChI=1S/C13H18O3/c1-9(2)8-16-13-5-11(7-14)4-12(6-13)10(3)15/h4-6,9,14H,7-8H2,1-3H3. The van der Waals surface area contributed by atoms with E-state index in [2.05, 4.69) is 13.8 Å². The van der Waals surface area contributed by atoms with E-state index in [1.807, 2.05) is 0 Å². The second-order valence-corrected chi connectivity index (χ2v) is 4.28. The Morgan fingerprint density at radius 1 is 1.38 bits per heavy atom. The summed E-state index contributed by atoms with van der Waals surface area (Å²) in [6, 6.07) is 5.16. The minimum atomic E-state index is -0.0842. The van der Waals surface area contributed by atoms with Gasteiger partial charge in [0.05, 0.1) is 13.2 Å². The van der Waals surface area contributed by atoms with Crippen LogP contribution in [-0.2, 0) is 6.61 Å². The van der Waals surface area contributed by atoms with Crippen LogP contribution in [0.25, 0.3) is 0 Å². The van der Waals surface area contributed by atoms with Crippen LogP contribution in [-0.4, -0.2) is 17.5 Å². The Morgan fingerprint density at radius 3 is 2.56 bits per heavy atom. The van der Waals surface area contributed by atoms with Crippen LogP contribution in [0.2, 0.25) is 0 Å². The van der Waals surface area contributed by atoms with Crippen LogP contribution < -0.4 is 4.74 Å². The fraction of sp³-hybridized carbons (Fsp3) is 0.462. The fourth-order valence-corrected chi connectivity index (χ4v) is 1.30. The molecule has 0 unspecified atom stereocenters. The third kappa shape index (κ3) is 3.66. The van der Waals surface area contributed by atoms with Gasteiger partial charge in [0.25, 0.3) is 0 Å². The van der Waals surface area contributed by atoms with E-state index in [1.54, 1.807) is 18.2 Å². The van der Waals surface area contributed by atoms with E-state index in [9.17, 15) is 4.79 Å². The first-order chi connectivity index (χ1) is 7.52. The molecule has 0 atom stereocenters. The zero-order valence-corrected chi connectivity index (χ0v) is 9.99. The highest BCUT2D eigenvalue weighted by atomic mass is 16.5. The van der Waals surface area contributed by atoms with Crippen LogP contribution >= 0.6 is 0 Å². The van der Waals surface area contributed by atoms with E-state index in [0.717, 1.165) is 0 Å². The molecular formula is C13H18O3. The maximum absolute atomic E-state index is 11.3. The average Bonchev–Trinajstić information content (AvgIpc) is 2.25. The molecule has 0 aliphatic heterocycles. The molecule has 0 fully saturated rings. The molecule has 0 radical (unpaired) electrons. The van der Waals surface area contributed by atoms with Crippen molar-refractivity contribution in [3.05, 3.63) is 29.3 Å². The van der Waals surface area contributed by atoms with Gasteiger partial charge in [0, 0.05) is 5.56 Å². The van der Waals surface area contributed by atoms with Gasteiger partial charge in [-0.25, -0.2) is 0 Å². The summed E-state index contributed by atoms with van der Waals surface area (Å²) < 4.78 is 5.54. The van der Waals surface area contributed by atoms with Crippen molar-refractivity contribution in [1.29, 1.82) is 0 Å². The highest BCUT2D eigenvalue weighted by molar-refractivity contribution is 5.94. The number of ether oxygens (including phenoxy) is 1. The maximum atomic E-state index is 11.3. The van der Waals surface area contributed by atoms with Gasteiger partial charge in [0.15, 0.2) is 5.78 Å². The molecule has 3 heteroatoms. The van der Waals surface area contributed by atoms with Crippen LogP contribution in [0.1, 0.15) is 36.7 Å². The van der Waals surface area contributed by atoms with Crippen molar-refractivity contribution in [3.8, 4) is 5.75 Å². The van der Waals surface area contributed by atoms with E-state index in [1.165, 1.54) is 6.92 Å². The molecule has 3 nitrogen and oxygen atoms in total. The lowest BCUT2D eigenvalue weighted by atomic mass is 10.1. The van der Waals surface area contributed by atoms with Crippen molar-refractivity contribution in [1.82, 2.24) is 0 Å². The topological polar surface area (TPSA) is 46.5 Å². The number of carbonyl (C=O) groups is 1. The zero-order valence-electron chi connectivity index (χ0n) is 9.99. The highest BCUT2D eigenvalue weighted by Crippen LogP contribution is 2.18. The summed E-state index contributed by atoms with van der Waals surface area (Å²) in [5, 5.41) is 9.08. The summed E-state index contributed by atoms with van der Waals surface area (Å²) >= 11 is 0. The van der Waals surface area contributed by atoms with Crippen molar-refractivity contribution in [3.63, 3.8) is 0 Å². The van der Waals surface area contributed by atoms with Crippen molar-refractivity contribution in [2.75, 3.05) is 6.61 Å². The number of hydrogen-bond donors (Lipinski definition) is 1. The number of hydrogen-bond acceptors (Lipinski definition) is 3. The third-order valence-electron chi connectivity index (χ3n) is 2.14. The summed E-state index contributed by atoms with van der Waals surface area (Å²) in [5.74, 6) is 1.05. The molecule has 1 N–H and O–H groups in total. The number of rotatable bonds is 5. The minimum absolute atomic E-state index is 0.0234. The number of aliphatic hydroxyl groups is 1. The van der Waals surface area contributed by atoms with Gasteiger partial charge >= 0.3 is 0 Å². The molecular weight excluding hydrogens is 204 g/mol. The molecule has 88 valence electrons. The van der Waals surface area contributed by atoms with Gasteiger partial charge in [0.2, 0.25) is 0 Å². The van der Waals surface area contributed by atoms with Crippen molar-refractivity contribution in [2.45, 2.75) is 27.4 Å². The second kappa shape index (κ2) is 5.66. The van der Waals surface area contributed by atoms with E-state index >= 15 is 0 Å². The predicted octanol–water partition coefficient (Wildman–Crippen LogP) is 2.42. The van der Waals surface area contributed by atoms with Crippen LogP contribution in [0.4, 0.5) is 0 Å². The summed E-state index contributed by atoms with van der Waals surface area (Å²) in [6.07, 6.45) is 0. The number of Topliss-reactive ketones (excluding diaryl/α,β-unsaturated/α-hetero) is 1. The van der Waals surface area contributed by atoms with Crippen molar-refractivity contribution in [2.24, 2.45) is 5.92 Å². The minimum Gasteiger partial charge on any atom is -0.493 e. The smallest absolute Gasteiger partial charge is 0.159 e. The van der Waals surface area contributed by atoms with Gasteiger partial charge in [-0.3, -0.25) is 4.79 Å². The number of carbonyl (C=O) groups excluding carboxylic acids is 1. The van der Waals surface area contributed by atoms with Gasteiger partial charge in [0.1, 0.15) is 5.75 Å². The Bertz CT molecular complexity index is 369. The van der Waals surface area contributed by atoms with Crippen LogP contribution in [0, 0.1) is 5.92 Å². The Labute approximate surface area is 96.1 Å². The van der Waals surface area contributed by atoms with Gasteiger partial charge in [-0.1, -0.05) is 13.8 Å². The molecule has 1 rings (SSSR count). The molecule has 0 spiro atoms. The van der Waals surface area contributed by atoms with Gasteiger partial charge in [-0.05, 0) is 36.6 Å². The Hall–Kier alpha value is -1.35. The average molecular weight is 222 g/mol. The second-order valence-electron chi connectivity index (χ2n) is 4.28. The Balaban J connectivity index is 2.90. The number of benzene rings is 1. The van der Waals surface area contributed by atoms with Gasteiger partial charge < -0.3 is 9.84 Å². The summed E-state index contributed by atoms with van der Waals surface area (Å²) in [6.45, 7) is 6.14. The van der Waals surface area contributed by atoms with Gasteiger partial charge in [-0.15, -0.1) is 0 Å².